The van der Waals surface area contributed by atoms with Crippen molar-refractivity contribution in [1.82, 2.24) is 9.55 Å². The van der Waals surface area contributed by atoms with Crippen LogP contribution in [0.15, 0.2) is 71.4 Å². The molecule has 4 rings (SSSR count). The first-order valence-electron chi connectivity index (χ1n) is 8.82. The molecule has 2 aromatic carbocycles. The molecule has 3 nitrogen and oxygen atoms in total. The molecule has 26 heavy (non-hydrogen) atoms. The molecule has 0 fully saturated rings. The zero-order valence-corrected chi connectivity index (χ0v) is 15.3. The quantitative estimate of drug-likeness (QED) is 0.451. The van der Waals surface area contributed by atoms with Crippen LogP contribution in [-0.2, 0) is 5.41 Å². The first-order valence-corrected chi connectivity index (χ1v) is 8.82. The maximum atomic E-state index is 5.84. The van der Waals surface area contributed by atoms with Crippen molar-refractivity contribution < 1.29 is 4.42 Å². The largest absolute Gasteiger partial charge is 0.437 e. The van der Waals surface area contributed by atoms with Gasteiger partial charge in [0.2, 0.25) is 5.89 Å². The van der Waals surface area contributed by atoms with E-state index >= 15 is 0 Å². The molecule has 0 saturated heterocycles. The van der Waals surface area contributed by atoms with E-state index < -0.39 is 0 Å². The Labute approximate surface area is 153 Å². The fourth-order valence-corrected chi connectivity index (χ4v) is 2.91. The highest BCUT2D eigenvalue weighted by molar-refractivity contribution is 5.77. The van der Waals surface area contributed by atoms with Crippen LogP contribution in [0, 0.1) is 0 Å². The van der Waals surface area contributed by atoms with Gasteiger partial charge in [-0.25, -0.2) is 4.98 Å². The molecule has 0 aliphatic rings. The molecule has 130 valence electrons. The molecule has 0 N–H and O–H groups in total. The molecule has 0 bridgehead atoms. The topological polar surface area (TPSA) is 31.0 Å². The summed E-state index contributed by atoms with van der Waals surface area (Å²) in [5.41, 5.74) is 5.34. The molecular formula is C23H22N2O. The Morgan fingerprint density at radius 1 is 0.923 bits per heavy atom. The van der Waals surface area contributed by atoms with Gasteiger partial charge in [-0.2, -0.15) is 0 Å². The monoisotopic (exact) mass is 342 g/mol. The lowest BCUT2D eigenvalue weighted by Crippen LogP contribution is -2.10. The van der Waals surface area contributed by atoms with Gasteiger partial charge >= 0.3 is 0 Å². The highest BCUT2D eigenvalue weighted by Gasteiger charge is 2.15. The smallest absolute Gasteiger partial charge is 0.220 e. The number of hydrogen-bond donors (Lipinski definition) is 0. The van der Waals surface area contributed by atoms with E-state index in [-0.39, 0.29) is 5.41 Å². The number of benzene rings is 2. The van der Waals surface area contributed by atoms with Crippen LogP contribution in [0.5, 0.6) is 0 Å². The fourth-order valence-electron chi connectivity index (χ4n) is 2.91. The zero-order chi connectivity index (χ0) is 18.1. The van der Waals surface area contributed by atoms with Crippen LogP contribution in [0.2, 0.25) is 0 Å². The molecule has 3 heteroatoms. The van der Waals surface area contributed by atoms with E-state index in [0.717, 1.165) is 22.4 Å². The number of aromatic nitrogens is 2. The fraction of sp³-hybridized carbons (Fsp3) is 0.174. The Bertz CT molecular complexity index is 1050. The average molecular weight is 342 g/mol. The maximum absolute atomic E-state index is 5.84. The summed E-state index contributed by atoms with van der Waals surface area (Å²) < 4.78 is 7.92. The number of nitrogens with zero attached hydrogens (tertiary/aromatic N) is 2. The minimum Gasteiger partial charge on any atom is -0.437 e. The molecule has 4 aromatic rings. The van der Waals surface area contributed by atoms with Crippen molar-refractivity contribution in [3.8, 4) is 5.69 Å². The van der Waals surface area contributed by atoms with Crippen LogP contribution in [0.3, 0.4) is 0 Å². The van der Waals surface area contributed by atoms with Crippen LogP contribution in [0.1, 0.15) is 37.8 Å². The molecule has 2 aromatic heterocycles. The SMILES string of the molecule is CC(C)(C)c1ccc2oc(C=Cc3ccc(-n4cccc4)cc3)nc2c1. The molecule has 0 aliphatic carbocycles. The Kier molecular flexibility index (Phi) is 4.00. The number of oxazole rings is 1. The third-order valence-corrected chi connectivity index (χ3v) is 4.48. The van der Waals surface area contributed by atoms with Crippen molar-refractivity contribution in [3.05, 3.63) is 84.0 Å². The summed E-state index contributed by atoms with van der Waals surface area (Å²) in [6.07, 6.45) is 8.01. The second-order valence-corrected chi connectivity index (χ2v) is 7.50. The van der Waals surface area contributed by atoms with E-state index in [4.69, 9.17) is 4.42 Å². The van der Waals surface area contributed by atoms with E-state index in [2.05, 4.69) is 66.7 Å². The normalized spacial score (nSPS) is 12.3. The molecule has 0 amide bonds. The minimum absolute atomic E-state index is 0.102. The highest BCUT2D eigenvalue weighted by Crippen LogP contribution is 2.26. The van der Waals surface area contributed by atoms with Crippen molar-refractivity contribution in [2.45, 2.75) is 26.2 Å². The van der Waals surface area contributed by atoms with Crippen LogP contribution >= 0.6 is 0 Å². The number of rotatable bonds is 3. The lowest BCUT2D eigenvalue weighted by atomic mass is 9.87. The van der Waals surface area contributed by atoms with Gasteiger partial charge in [0, 0.05) is 24.2 Å². The van der Waals surface area contributed by atoms with Gasteiger partial charge in [-0.15, -0.1) is 0 Å². The lowest BCUT2D eigenvalue weighted by Gasteiger charge is -2.18. The first kappa shape index (κ1) is 16.4. The van der Waals surface area contributed by atoms with E-state index in [0.29, 0.717) is 5.89 Å². The Morgan fingerprint density at radius 3 is 2.35 bits per heavy atom. The van der Waals surface area contributed by atoms with Gasteiger partial charge < -0.3 is 8.98 Å². The zero-order valence-electron chi connectivity index (χ0n) is 15.3. The van der Waals surface area contributed by atoms with Crippen LogP contribution < -0.4 is 0 Å². The van der Waals surface area contributed by atoms with Gasteiger partial charge in [0.25, 0.3) is 0 Å². The number of fused-ring (bicyclic) bond motifs is 1. The van der Waals surface area contributed by atoms with Gasteiger partial charge in [0.15, 0.2) is 5.58 Å². The average Bonchev–Trinajstić information content (AvgIpc) is 3.28. The first-order chi connectivity index (χ1) is 12.5. The van der Waals surface area contributed by atoms with Gasteiger partial charge in [0.1, 0.15) is 5.52 Å². The molecule has 0 atom stereocenters. The maximum Gasteiger partial charge on any atom is 0.220 e. The predicted molar refractivity (Wildman–Crippen MR) is 107 cm³/mol. The predicted octanol–water partition coefficient (Wildman–Crippen LogP) is 6.09. The summed E-state index contributed by atoms with van der Waals surface area (Å²) in [6, 6.07) is 18.6. The van der Waals surface area contributed by atoms with E-state index in [9.17, 15) is 0 Å². The molecular weight excluding hydrogens is 320 g/mol. The summed E-state index contributed by atoms with van der Waals surface area (Å²) in [5, 5.41) is 0. The van der Waals surface area contributed by atoms with Crippen LogP contribution in [0.4, 0.5) is 0 Å². The van der Waals surface area contributed by atoms with Gasteiger partial charge in [-0.3, -0.25) is 0 Å². The van der Waals surface area contributed by atoms with Crippen LogP contribution in [0.25, 0.3) is 28.9 Å². The van der Waals surface area contributed by atoms with Crippen molar-refractivity contribution in [2.75, 3.05) is 0 Å². The Hall–Kier alpha value is -3.07. The molecule has 0 aliphatic heterocycles. The number of hydrogen-bond acceptors (Lipinski definition) is 2. The summed E-state index contributed by atoms with van der Waals surface area (Å²) in [4.78, 5) is 4.60. The minimum atomic E-state index is 0.102. The van der Waals surface area contributed by atoms with E-state index in [1.165, 1.54) is 5.56 Å². The highest BCUT2D eigenvalue weighted by atomic mass is 16.3. The third-order valence-electron chi connectivity index (χ3n) is 4.48. The van der Waals surface area contributed by atoms with E-state index in [1.54, 1.807) is 0 Å². The van der Waals surface area contributed by atoms with Gasteiger partial charge in [0.05, 0.1) is 0 Å². The van der Waals surface area contributed by atoms with Crippen LogP contribution in [-0.4, -0.2) is 9.55 Å². The molecule has 2 heterocycles. The summed E-state index contributed by atoms with van der Waals surface area (Å²) in [5.74, 6) is 0.626. The van der Waals surface area contributed by atoms with Gasteiger partial charge in [-0.1, -0.05) is 39.0 Å². The third kappa shape index (κ3) is 3.33. The standard InChI is InChI=1S/C23H22N2O/c1-23(2,3)18-9-12-21-20(16-18)24-22(26-21)13-8-17-6-10-19(11-7-17)25-14-4-5-15-25/h4-16H,1-3H3. The molecule has 0 unspecified atom stereocenters. The lowest BCUT2D eigenvalue weighted by molar-refractivity contribution is 0.585. The van der Waals surface area contributed by atoms with Crippen molar-refractivity contribution in [1.29, 1.82) is 0 Å². The van der Waals surface area contributed by atoms with E-state index in [1.807, 2.05) is 42.7 Å². The summed E-state index contributed by atoms with van der Waals surface area (Å²) in [7, 11) is 0. The van der Waals surface area contributed by atoms with Crippen molar-refractivity contribution in [2.24, 2.45) is 0 Å². The molecule has 0 spiro atoms. The molecule has 0 radical (unpaired) electrons. The second-order valence-electron chi connectivity index (χ2n) is 7.50. The van der Waals surface area contributed by atoms with Crippen molar-refractivity contribution >= 4 is 23.3 Å². The summed E-state index contributed by atoms with van der Waals surface area (Å²) >= 11 is 0. The van der Waals surface area contributed by atoms with Crippen molar-refractivity contribution in [3.63, 3.8) is 0 Å². The Balaban J connectivity index is 1.56. The second kappa shape index (κ2) is 6.34. The molecule has 0 saturated carbocycles. The summed E-state index contributed by atoms with van der Waals surface area (Å²) in [6.45, 7) is 6.60. The van der Waals surface area contributed by atoms with Gasteiger partial charge in [-0.05, 0) is 59.0 Å². The Morgan fingerprint density at radius 2 is 1.65 bits per heavy atom.